The van der Waals surface area contributed by atoms with Crippen LogP contribution in [0.15, 0.2) is 20.0 Å². The largest absolute Gasteiger partial charge is 2.00 e. The van der Waals surface area contributed by atoms with Gasteiger partial charge in [0.25, 0.3) is 0 Å². The van der Waals surface area contributed by atoms with Gasteiger partial charge in [-0.2, -0.15) is 0 Å². The average molecular weight is 387 g/mol. The van der Waals surface area contributed by atoms with E-state index in [2.05, 4.69) is 74.2 Å². The second kappa shape index (κ2) is 11.8. The fourth-order valence-corrected chi connectivity index (χ4v) is 0.803. The SMILES string of the molecule is CC(C)(C)C=N[C-]=NC(C)(C)C.CC(C)(C)C=N[C-]=NC(C)(C)C.[Cr+2]. The van der Waals surface area contributed by atoms with Crippen molar-refractivity contribution >= 4 is 25.1 Å². The van der Waals surface area contributed by atoms with Crippen LogP contribution in [0.5, 0.6) is 0 Å². The van der Waals surface area contributed by atoms with Crippen molar-refractivity contribution in [2.24, 2.45) is 30.8 Å². The monoisotopic (exact) mass is 386 g/mol. The molecule has 0 rings (SSSR count). The zero-order chi connectivity index (χ0) is 19.7. The van der Waals surface area contributed by atoms with E-state index in [1.54, 1.807) is 0 Å². The molecule has 4 nitrogen and oxygen atoms in total. The third kappa shape index (κ3) is 35.3. The summed E-state index contributed by atoms with van der Waals surface area (Å²) < 4.78 is 0. The predicted molar refractivity (Wildman–Crippen MR) is 110 cm³/mol. The van der Waals surface area contributed by atoms with Gasteiger partial charge in [-0.05, 0) is 41.5 Å². The number of hydrogen-bond donors (Lipinski definition) is 0. The van der Waals surface area contributed by atoms with Crippen LogP contribution in [0.3, 0.4) is 0 Å². The molecular formula is C20H38CrN4. The van der Waals surface area contributed by atoms with Gasteiger partial charge in [-0.1, -0.05) is 65.0 Å². The Kier molecular flexibility index (Phi) is 13.6. The van der Waals surface area contributed by atoms with Crippen LogP contribution in [0.25, 0.3) is 0 Å². The molecule has 0 radical (unpaired) electrons. The molecule has 0 saturated carbocycles. The summed E-state index contributed by atoms with van der Waals surface area (Å²) in [6, 6.07) is 0. The van der Waals surface area contributed by atoms with Crippen LogP contribution in [-0.4, -0.2) is 36.2 Å². The van der Waals surface area contributed by atoms with Gasteiger partial charge in [-0.25, -0.2) is 0 Å². The van der Waals surface area contributed by atoms with E-state index in [1.165, 1.54) is 0 Å². The molecule has 0 heterocycles. The maximum absolute atomic E-state index is 4.11. The van der Waals surface area contributed by atoms with Gasteiger partial charge in [0.2, 0.25) is 0 Å². The fourth-order valence-electron chi connectivity index (χ4n) is 0.803. The Morgan fingerprint density at radius 2 is 0.760 bits per heavy atom. The Morgan fingerprint density at radius 1 is 0.520 bits per heavy atom. The van der Waals surface area contributed by atoms with Crippen LogP contribution in [0.2, 0.25) is 0 Å². The first-order valence-electron chi connectivity index (χ1n) is 8.44. The van der Waals surface area contributed by atoms with E-state index in [0.29, 0.717) is 0 Å². The molecular weight excluding hydrogens is 348 g/mol. The van der Waals surface area contributed by atoms with Crippen molar-refractivity contribution in [3.05, 3.63) is 0 Å². The van der Waals surface area contributed by atoms with Gasteiger partial charge in [0.05, 0.1) is 0 Å². The van der Waals surface area contributed by atoms with Crippen molar-refractivity contribution in [1.29, 1.82) is 0 Å². The maximum atomic E-state index is 4.11. The standard InChI is InChI=1S/2C10H19N2.Cr/c2*1-9(2,3)7-11-8-12-10(4,5)6;/h2*7H,1-6H3;/q2*-1;+2. The molecule has 0 spiro atoms. The summed E-state index contributed by atoms with van der Waals surface area (Å²) in [5.74, 6) is 0. The molecule has 0 aliphatic heterocycles. The topological polar surface area (TPSA) is 49.4 Å². The van der Waals surface area contributed by atoms with Crippen molar-refractivity contribution < 1.29 is 17.4 Å². The van der Waals surface area contributed by atoms with Gasteiger partial charge in [0, 0.05) is 11.1 Å². The molecule has 0 aromatic rings. The first-order valence-corrected chi connectivity index (χ1v) is 8.44. The van der Waals surface area contributed by atoms with Crippen molar-refractivity contribution in [2.45, 2.75) is 94.2 Å². The summed E-state index contributed by atoms with van der Waals surface area (Å²) in [5, 5.41) is 0. The average Bonchev–Trinajstić information content (AvgIpc) is 2.27. The van der Waals surface area contributed by atoms with Gasteiger partial charge < -0.3 is 20.0 Å². The molecule has 0 amide bonds. The zero-order valence-electron chi connectivity index (χ0n) is 18.4. The van der Waals surface area contributed by atoms with Gasteiger partial charge >= 0.3 is 17.4 Å². The van der Waals surface area contributed by atoms with Crippen LogP contribution >= 0.6 is 0 Å². The maximum Gasteiger partial charge on any atom is 2.00 e. The van der Waals surface area contributed by atoms with Crippen molar-refractivity contribution in [3.8, 4) is 0 Å². The van der Waals surface area contributed by atoms with Crippen LogP contribution in [-0.2, 0) is 17.4 Å². The van der Waals surface area contributed by atoms with Crippen LogP contribution in [0, 0.1) is 10.8 Å². The molecule has 5 heteroatoms. The molecule has 0 aliphatic rings. The molecule has 0 aromatic heterocycles. The molecule has 144 valence electrons. The predicted octanol–water partition coefficient (Wildman–Crippen LogP) is 5.61. The Bertz CT molecular complexity index is 360. The summed E-state index contributed by atoms with van der Waals surface area (Å²) in [6.45, 7) is 24.7. The van der Waals surface area contributed by atoms with Crippen LogP contribution in [0.4, 0.5) is 0 Å². The minimum absolute atomic E-state index is 0. The molecule has 0 aliphatic carbocycles. The second-order valence-corrected chi connectivity index (χ2v) is 10.0. The number of nitrogens with zero attached hydrogens (tertiary/aromatic N) is 4. The quantitative estimate of drug-likeness (QED) is 0.336. The summed E-state index contributed by atoms with van der Waals surface area (Å²) in [6.07, 6.45) is 9.05. The number of rotatable bonds is 2. The van der Waals surface area contributed by atoms with Gasteiger partial charge in [-0.15, -0.1) is 12.4 Å². The number of aliphatic imine (C=N–C) groups is 4. The van der Waals surface area contributed by atoms with E-state index in [0.717, 1.165) is 0 Å². The minimum atomic E-state index is -0.0742. The molecule has 0 fully saturated rings. The first-order chi connectivity index (χ1) is 10.4. The van der Waals surface area contributed by atoms with E-state index >= 15 is 0 Å². The molecule has 0 bridgehead atoms. The molecule has 0 aromatic carbocycles. The second-order valence-electron chi connectivity index (χ2n) is 10.0. The molecule has 0 saturated heterocycles. The van der Waals surface area contributed by atoms with Crippen LogP contribution < -0.4 is 0 Å². The molecule has 0 unspecified atom stereocenters. The molecule has 25 heavy (non-hydrogen) atoms. The Balaban J connectivity index is -0.000000372. The van der Waals surface area contributed by atoms with Gasteiger partial charge in [0.15, 0.2) is 0 Å². The Hall–Kier alpha value is -0.788. The Morgan fingerprint density at radius 3 is 0.920 bits per heavy atom. The Labute approximate surface area is 167 Å². The van der Waals surface area contributed by atoms with E-state index in [1.807, 2.05) is 54.0 Å². The first kappa shape index (κ1) is 29.0. The zero-order valence-corrected chi connectivity index (χ0v) is 19.6. The van der Waals surface area contributed by atoms with E-state index in [4.69, 9.17) is 0 Å². The van der Waals surface area contributed by atoms with E-state index in [9.17, 15) is 0 Å². The normalized spacial score (nSPS) is 14.2. The summed E-state index contributed by atoms with van der Waals surface area (Å²) >= 11 is 0. The summed E-state index contributed by atoms with van der Waals surface area (Å²) in [4.78, 5) is 16.2. The fraction of sp³-hybridized carbons (Fsp3) is 0.800. The molecule has 0 atom stereocenters. The van der Waals surface area contributed by atoms with E-state index < -0.39 is 0 Å². The third-order valence-corrected chi connectivity index (χ3v) is 1.79. The van der Waals surface area contributed by atoms with Crippen molar-refractivity contribution in [2.75, 3.05) is 0 Å². The minimum Gasteiger partial charge on any atom is -0.443 e. The van der Waals surface area contributed by atoms with Gasteiger partial charge in [0.1, 0.15) is 0 Å². The summed E-state index contributed by atoms with van der Waals surface area (Å²) in [5.41, 5.74) is 0.0747. The number of hydrogen-bond acceptors (Lipinski definition) is 2. The van der Waals surface area contributed by atoms with Gasteiger partial charge in [-0.3, -0.25) is 0 Å². The van der Waals surface area contributed by atoms with Crippen LogP contribution in [0.1, 0.15) is 83.1 Å². The van der Waals surface area contributed by atoms with E-state index in [-0.39, 0.29) is 39.3 Å². The van der Waals surface area contributed by atoms with Crippen molar-refractivity contribution in [3.63, 3.8) is 0 Å². The smallest absolute Gasteiger partial charge is 0.443 e. The third-order valence-electron chi connectivity index (χ3n) is 1.79. The molecule has 0 N–H and O–H groups in total. The summed E-state index contributed by atoms with van der Waals surface area (Å²) in [7, 11) is 0. The van der Waals surface area contributed by atoms with Crippen molar-refractivity contribution in [1.82, 2.24) is 0 Å².